The average molecular weight is 468 g/mol. The van der Waals surface area contributed by atoms with Gasteiger partial charge in [0.25, 0.3) is 15.9 Å². The first-order valence-corrected chi connectivity index (χ1v) is 11.6. The summed E-state index contributed by atoms with van der Waals surface area (Å²) in [6, 6.07) is 21.5. The van der Waals surface area contributed by atoms with Gasteiger partial charge in [0.2, 0.25) is 0 Å². The molecule has 0 spiro atoms. The van der Waals surface area contributed by atoms with Gasteiger partial charge in [-0.25, -0.2) is 13.8 Å². The van der Waals surface area contributed by atoms with Crippen LogP contribution in [0.3, 0.4) is 0 Å². The number of hydrogen-bond donors (Lipinski definition) is 1. The number of hydrazone groups is 1. The number of carbonyl (C=O) groups excluding carboxylic acids is 1. The Morgan fingerprint density at radius 2 is 1.61 bits per heavy atom. The van der Waals surface area contributed by atoms with Crippen LogP contribution in [0.4, 0.5) is 5.69 Å². The number of benzene rings is 3. The first-order chi connectivity index (χ1) is 15.9. The summed E-state index contributed by atoms with van der Waals surface area (Å²) in [7, 11) is -2.47. The van der Waals surface area contributed by atoms with Gasteiger partial charge in [0.05, 0.1) is 30.5 Å². The van der Waals surface area contributed by atoms with Crippen molar-refractivity contribution in [2.45, 2.75) is 11.8 Å². The van der Waals surface area contributed by atoms with Crippen molar-refractivity contribution >= 4 is 27.8 Å². The molecule has 8 nitrogen and oxygen atoms in total. The van der Waals surface area contributed by atoms with Crippen LogP contribution in [0, 0.1) is 0 Å². The molecule has 33 heavy (non-hydrogen) atoms. The van der Waals surface area contributed by atoms with E-state index in [0.29, 0.717) is 18.0 Å². The topological polar surface area (TPSA) is 97.3 Å². The van der Waals surface area contributed by atoms with Crippen molar-refractivity contribution in [3.63, 3.8) is 0 Å². The van der Waals surface area contributed by atoms with Gasteiger partial charge < -0.3 is 9.47 Å². The lowest BCUT2D eigenvalue weighted by Gasteiger charge is -2.23. The Morgan fingerprint density at radius 3 is 2.21 bits per heavy atom. The van der Waals surface area contributed by atoms with Gasteiger partial charge in [0, 0.05) is 0 Å². The number of sulfonamides is 1. The van der Waals surface area contributed by atoms with Crippen LogP contribution < -0.4 is 19.2 Å². The van der Waals surface area contributed by atoms with Gasteiger partial charge in [-0.3, -0.25) is 9.10 Å². The number of rotatable bonds is 10. The molecule has 0 radical (unpaired) electrons. The maximum Gasteiger partial charge on any atom is 0.264 e. The third-order valence-electron chi connectivity index (χ3n) is 4.57. The number of carbonyl (C=O) groups is 1. The molecule has 3 aromatic rings. The van der Waals surface area contributed by atoms with Crippen LogP contribution in [0.2, 0.25) is 0 Å². The van der Waals surface area contributed by atoms with E-state index in [1.54, 1.807) is 66.7 Å². The smallest absolute Gasteiger partial charge is 0.264 e. The van der Waals surface area contributed by atoms with Crippen molar-refractivity contribution in [1.82, 2.24) is 5.43 Å². The van der Waals surface area contributed by atoms with E-state index in [-0.39, 0.29) is 4.90 Å². The van der Waals surface area contributed by atoms with E-state index in [1.165, 1.54) is 25.5 Å². The fraction of sp³-hybridized carbons (Fsp3) is 0.167. The predicted octanol–water partition coefficient (Wildman–Crippen LogP) is 3.44. The first-order valence-electron chi connectivity index (χ1n) is 10.2. The Hall–Kier alpha value is -3.85. The van der Waals surface area contributed by atoms with E-state index in [4.69, 9.17) is 9.47 Å². The summed E-state index contributed by atoms with van der Waals surface area (Å²) in [5.41, 5.74) is 3.46. The molecule has 9 heteroatoms. The molecule has 3 rings (SSSR count). The molecule has 0 aliphatic rings. The van der Waals surface area contributed by atoms with E-state index in [0.717, 1.165) is 15.6 Å². The SMILES string of the molecule is CCOc1ccc(C=NNC(=O)CN(c2ccc(OC)cc2)S(=O)(=O)c2ccccc2)cc1. The van der Waals surface area contributed by atoms with Gasteiger partial charge in [-0.05, 0) is 73.2 Å². The minimum Gasteiger partial charge on any atom is -0.497 e. The highest BCUT2D eigenvalue weighted by molar-refractivity contribution is 7.92. The van der Waals surface area contributed by atoms with E-state index >= 15 is 0 Å². The minimum absolute atomic E-state index is 0.0755. The van der Waals surface area contributed by atoms with E-state index in [9.17, 15) is 13.2 Å². The maximum absolute atomic E-state index is 13.3. The van der Waals surface area contributed by atoms with Gasteiger partial charge in [-0.2, -0.15) is 5.10 Å². The summed E-state index contributed by atoms with van der Waals surface area (Å²) >= 11 is 0. The highest BCUT2D eigenvalue weighted by atomic mass is 32.2. The maximum atomic E-state index is 13.3. The molecule has 0 bridgehead atoms. The van der Waals surface area contributed by atoms with Crippen molar-refractivity contribution in [3.8, 4) is 11.5 Å². The van der Waals surface area contributed by atoms with E-state index in [2.05, 4.69) is 10.5 Å². The van der Waals surface area contributed by atoms with Gasteiger partial charge in [-0.15, -0.1) is 0 Å². The van der Waals surface area contributed by atoms with Crippen LogP contribution in [-0.2, 0) is 14.8 Å². The zero-order valence-electron chi connectivity index (χ0n) is 18.3. The normalized spacial score (nSPS) is 11.2. The highest BCUT2D eigenvalue weighted by Crippen LogP contribution is 2.25. The first kappa shape index (κ1) is 23.8. The summed E-state index contributed by atoms with van der Waals surface area (Å²) in [5.74, 6) is 0.715. The second-order valence-corrected chi connectivity index (χ2v) is 8.68. The van der Waals surface area contributed by atoms with Crippen LogP contribution in [0.15, 0.2) is 88.9 Å². The molecule has 0 fully saturated rings. The summed E-state index contributed by atoms with van der Waals surface area (Å²) in [5, 5.41) is 3.94. The van der Waals surface area contributed by atoms with Crippen molar-refractivity contribution < 1.29 is 22.7 Å². The van der Waals surface area contributed by atoms with Gasteiger partial charge in [0.1, 0.15) is 18.0 Å². The molecule has 0 unspecified atom stereocenters. The number of nitrogens with zero attached hydrogens (tertiary/aromatic N) is 2. The van der Waals surface area contributed by atoms with Crippen molar-refractivity contribution in [3.05, 3.63) is 84.4 Å². The molecule has 0 aliphatic heterocycles. The number of anilines is 1. The third-order valence-corrected chi connectivity index (χ3v) is 6.36. The molecule has 0 saturated carbocycles. The lowest BCUT2D eigenvalue weighted by molar-refractivity contribution is -0.119. The number of nitrogens with one attached hydrogen (secondary N) is 1. The van der Waals surface area contributed by atoms with Gasteiger partial charge in [-0.1, -0.05) is 18.2 Å². The molecule has 1 amide bonds. The number of amides is 1. The molecular formula is C24H25N3O5S. The third kappa shape index (κ3) is 6.33. The van der Waals surface area contributed by atoms with Crippen molar-refractivity contribution in [1.29, 1.82) is 0 Å². The van der Waals surface area contributed by atoms with Crippen LogP contribution in [0.5, 0.6) is 11.5 Å². The predicted molar refractivity (Wildman–Crippen MR) is 127 cm³/mol. The molecule has 3 aromatic carbocycles. The standard InChI is InChI=1S/C24H25N3O5S/c1-3-32-22-13-9-19(10-14-22)17-25-26-24(28)18-27(20-11-15-21(31-2)16-12-20)33(29,30)23-7-5-4-6-8-23/h4-17H,3,18H2,1-2H3,(H,26,28). The van der Waals surface area contributed by atoms with Crippen molar-refractivity contribution in [2.75, 3.05) is 24.6 Å². The summed E-state index contributed by atoms with van der Waals surface area (Å²) < 4.78 is 38.1. The summed E-state index contributed by atoms with van der Waals surface area (Å²) in [4.78, 5) is 12.7. The van der Waals surface area contributed by atoms with Crippen LogP contribution in [-0.4, -0.2) is 40.8 Å². The van der Waals surface area contributed by atoms with Crippen LogP contribution in [0.1, 0.15) is 12.5 Å². The zero-order valence-corrected chi connectivity index (χ0v) is 19.2. The Bertz CT molecular complexity index is 1180. The second-order valence-electron chi connectivity index (χ2n) is 6.82. The monoisotopic (exact) mass is 467 g/mol. The molecule has 0 saturated heterocycles. The van der Waals surface area contributed by atoms with Crippen molar-refractivity contribution in [2.24, 2.45) is 5.10 Å². The Labute approximate surface area is 193 Å². The second kappa shape index (κ2) is 11.1. The number of ether oxygens (including phenoxy) is 2. The highest BCUT2D eigenvalue weighted by Gasteiger charge is 2.27. The minimum atomic E-state index is -3.99. The fourth-order valence-electron chi connectivity index (χ4n) is 2.94. The summed E-state index contributed by atoms with van der Waals surface area (Å²) in [6.45, 7) is 2.02. The largest absolute Gasteiger partial charge is 0.497 e. The molecule has 0 aromatic heterocycles. The molecule has 0 aliphatic carbocycles. The van der Waals surface area contributed by atoms with E-state index < -0.39 is 22.5 Å². The number of hydrogen-bond acceptors (Lipinski definition) is 6. The van der Waals surface area contributed by atoms with Crippen LogP contribution in [0.25, 0.3) is 0 Å². The van der Waals surface area contributed by atoms with Gasteiger partial charge in [0.15, 0.2) is 0 Å². The average Bonchev–Trinajstić information content (AvgIpc) is 2.84. The lowest BCUT2D eigenvalue weighted by Crippen LogP contribution is -2.39. The van der Waals surface area contributed by atoms with E-state index in [1.807, 2.05) is 6.92 Å². The summed E-state index contributed by atoms with van der Waals surface area (Å²) in [6.07, 6.45) is 1.47. The zero-order chi connectivity index (χ0) is 23.7. The molecular weight excluding hydrogens is 442 g/mol. The lowest BCUT2D eigenvalue weighted by atomic mass is 10.2. The molecule has 1 N–H and O–H groups in total. The van der Waals surface area contributed by atoms with Crippen LogP contribution >= 0.6 is 0 Å². The Kier molecular flexibility index (Phi) is 8.04. The molecule has 0 heterocycles. The quantitative estimate of drug-likeness (QED) is 0.364. The Balaban J connectivity index is 1.77. The Morgan fingerprint density at radius 1 is 0.970 bits per heavy atom. The molecule has 0 atom stereocenters. The molecule has 172 valence electrons. The fourth-order valence-corrected chi connectivity index (χ4v) is 4.39. The number of methoxy groups -OCH3 is 1. The van der Waals surface area contributed by atoms with Gasteiger partial charge >= 0.3 is 0 Å².